The number of rotatable bonds is 5. The van der Waals surface area contributed by atoms with Crippen LogP contribution in [-0.2, 0) is 17.6 Å². The fourth-order valence-electron chi connectivity index (χ4n) is 2.40. The van der Waals surface area contributed by atoms with Crippen LogP contribution >= 0.6 is 0 Å². The molecule has 0 aliphatic carbocycles. The highest BCUT2D eigenvalue weighted by Gasteiger charge is 2.12. The number of aryl methyl sites for hydroxylation is 1. The molecule has 0 aliphatic rings. The maximum absolute atomic E-state index is 11.6. The van der Waals surface area contributed by atoms with Gasteiger partial charge in [-0.1, -0.05) is 19.6 Å². The third-order valence-corrected chi connectivity index (χ3v) is 3.42. The van der Waals surface area contributed by atoms with Crippen molar-refractivity contribution in [2.45, 2.75) is 26.7 Å². The number of furan rings is 1. The first-order chi connectivity index (χ1) is 9.65. The number of amides is 1. The van der Waals surface area contributed by atoms with Crippen molar-refractivity contribution in [1.82, 2.24) is 0 Å². The number of hydrogen-bond donors (Lipinski definition) is 1. The molecule has 104 valence electrons. The van der Waals surface area contributed by atoms with Crippen LogP contribution in [0.25, 0.3) is 0 Å². The molecule has 0 saturated heterocycles. The van der Waals surface area contributed by atoms with Gasteiger partial charge in [0.2, 0.25) is 5.91 Å². The summed E-state index contributed by atoms with van der Waals surface area (Å²) in [7, 11) is 0. The van der Waals surface area contributed by atoms with Gasteiger partial charge in [-0.2, -0.15) is 0 Å². The number of benzene rings is 1. The molecule has 0 bridgehead atoms. The molecular formula is C17H19NO2. The van der Waals surface area contributed by atoms with E-state index in [1.165, 1.54) is 17.2 Å². The van der Waals surface area contributed by atoms with E-state index in [0.29, 0.717) is 0 Å². The van der Waals surface area contributed by atoms with Gasteiger partial charge >= 0.3 is 0 Å². The summed E-state index contributed by atoms with van der Waals surface area (Å²) in [5, 5.41) is 2.89. The Labute approximate surface area is 119 Å². The minimum absolute atomic E-state index is 0.190. The second-order valence-corrected chi connectivity index (χ2v) is 4.74. The van der Waals surface area contributed by atoms with Gasteiger partial charge in [-0.3, -0.25) is 4.79 Å². The zero-order valence-electron chi connectivity index (χ0n) is 11.9. The van der Waals surface area contributed by atoms with Crippen LogP contribution in [0.4, 0.5) is 5.69 Å². The Morgan fingerprint density at radius 2 is 2.15 bits per heavy atom. The predicted octanol–water partition coefficient (Wildman–Crippen LogP) is 3.87. The molecule has 2 rings (SSSR count). The Morgan fingerprint density at radius 3 is 2.75 bits per heavy atom. The Hall–Kier alpha value is -2.29. The van der Waals surface area contributed by atoms with Crippen LogP contribution in [0.15, 0.2) is 47.8 Å². The molecule has 0 radical (unpaired) electrons. The van der Waals surface area contributed by atoms with Crippen molar-refractivity contribution < 1.29 is 9.21 Å². The molecule has 20 heavy (non-hydrogen) atoms. The number of hydrogen-bond acceptors (Lipinski definition) is 2. The average molecular weight is 269 g/mol. The van der Waals surface area contributed by atoms with Crippen molar-refractivity contribution in [3.63, 3.8) is 0 Å². The van der Waals surface area contributed by atoms with E-state index in [-0.39, 0.29) is 5.91 Å². The van der Waals surface area contributed by atoms with E-state index in [1.54, 1.807) is 12.5 Å². The second-order valence-electron chi connectivity index (χ2n) is 4.74. The van der Waals surface area contributed by atoms with E-state index in [2.05, 4.69) is 25.7 Å². The third kappa shape index (κ3) is 2.99. The van der Waals surface area contributed by atoms with Crippen molar-refractivity contribution in [3.8, 4) is 0 Å². The van der Waals surface area contributed by atoms with Crippen molar-refractivity contribution in [2.24, 2.45) is 0 Å². The van der Waals surface area contributed by atoms with Gasteiger partial charge in [0.25, 0.3) is 0 Å². The smallest absolute Gasteiger partial charge is 0.247 e. The molecule has 0 spiro atoms. The molecule has 0 aliphatic heterocycles. The largest absolute Gasteiger partial charge is 0.472 e. The van der Waals surface area contributed by atoms with Crippen LogP contribution in [-0.4, -0.2) is 5.91 Å². The molecule has 1 amide bonds. The highest BCUT2D eigenvalue weighted by molar-refractivity contribution is 5.99. The topological polar surface area (TPSA) is 42.2 Å². The Bertz CT molecular complexity index is 612. The van der Waals surface area contributed by atoms with Gasteiger partial charge in [0.1, 0.15) is 0 Å². The summed E-state index contributed by atoms with van der Waals surface area (Å²) in [6.45, 7) is 7.71. The van der Waals surface area contributed by atoms with Crippen LogP contribution in [0, 0.1) is 6.92 Å². The lowest BCUT2D eigenvalue weighted by Crippen LogP contribution is -2.11. The first kappa shape index (κ1) is 14.1. The molecule has 1 N–H and O–H groups in total. The maximum atomic E-state index is 11.6. The average Bonchev–Trinajstić information content (AvgIpc) is 2.95. The van der Waals surface area contributed by atoms with Gasteiger partial charge in [-0.05, 0) is 53.8 Å². The van der Waals surface area contributed by atoms with Gasteiger partial charge in [0.15, 0.2) is 0 Å². The summed E-state index contributed by atoms with van der Waals surface area (Å²) in [6.07, 6.45) is 6.36. The zero-order valence-corrected chi connectivity index (χ0v) is 11.9. The van der Waals surface area contributed by atoms with Gasteiger partial charge < -0.3 is 9.73 Å². The molecular weight excluding hydrogens is 250 g/mol. The third-order valence-electron chi connectivity index (χ3n) is 3.42. The zero-order chi connectivity index (χ0) is 14.5. The first-order valence-corrected chi connectivity index (χ1v) is 6.71. The first-order valence-electron chi connectivity index (χ1n) is 6.71. The highest BCUT2D eigenvalue weighted by atomic mass is 16.3. The van der Waals surface area contributed by atoms with Crippen LogP contribution in [0.3, 0.4) is 0 Å². The van der Waals surface area contributed by atoms with E-state index < -0.39 is 0 Å². The molecule has 0 saturated carbocycles. The lowest BCUT2D eigenvalue weighted by atomic mass is 9.93. The minimum Gasteiger partial charge on any atom is -0.472 e. The number of carbonyl (C=O) groups is 1. The van der Waals surface area contributed by atoms with Gasteiger partial charge in [0, 0.05) is 12.1 Å². The molecule has 1 aromatic carbocycles. The molecule has 2 aromatic rings. The van der Waals surface area contributed by atoms with Crippen LogP contribution in [0.2, 0.25) is 0 Å². The van der Waals surface area contributed by atoms with Crippen LogP contribution in [0.5, 0.6) is 0 Å². The van der Waals surface area contributed by atoms with Crippen molar-refractivity contribution in [1.29, 1.82) is 0 Å². The Morgan fingerprint density at radius 1 is 1.35 bits per heavy atom. The van der Waals surface area contributed by atoms with Crippen molar-refractivity contribution in [3.05, 3.63) is 65.6 Å². The molecule has 1 aromatic heterocycles. The van der Waals surface area contributed by atoms with E-state index in [4.69, 9.17) is 4.42 Å². The lowest BCUT2D eigenvalue weighted by Gasteiger charge is -2.16. The fourth-order valence-corrected chi connectivity index (χ4v) is 2.40. The van der Waals surface area contributed by atoms with E-state index >= 15 is 0 Å². The SMILES string of the molecule is C=CC(=O)Nc1ccc(C)c(CC)c1Cc1ccoc1. The van der Waals surface area contributed by atoms with Crippen LogP contribution in [0.1, 0.15) is 29.2 Å². The van der Waals surface area contributed by atoms with Gasteiger partial charge in [-0.25, -0.2) is 0 Å². The highest BCUT2D eigenvalue weighted by Crippen LogP contribution is 2.27. The summed E-state index contributed by atoms with van der Waals surface area (Å²) < 4.78 is 5.13. The van der Waals surface area contributed by atoms with Crippen molar-refractivity contribution >= 4 is 11.6 Å². The number of nitrogens with one attached hydrogen (secondary N) is 1. The van der Waals surface area contributed by atoms with Crippen LogP contribution < -0.4 is 5.32 Å². The van der Waals surface area contributed by atoms with E-state index in [0.717, 1.165) is 29.7 Å². The quantitative estimate of drug-likeness (QED) is 0.837. The minimum atomic E-state index is -0.190. The van der Waals surface area contributed by atoms with Gasteiger partial charge in [-0.15, -0.1) is 0 Å². The molecule has 3 nitrogen and oxygen atoms in total. The predicted molar refractivity (Wildman–Crippen MR) is 80.9 cm³/mol. The van der Waals surface area contributed by atoms with Crippen molar-refractivity contribution in [2.75, 3.05) is 5.32 Å². The summed E-state index contributed by atoms with van der Waals surface area (Å²) in [5.41, 5.74) is 5.60. The molecule has 3 heteroatoms. The number of carbonyl (C=O) groups excluding carboxylic acids is 1. The monoisotopic (exact) mass is 269 g/mol. The van der Waals surface area contributed by atoms with E-state index in [9.17, 15) is 4.79 Å². The van der Waals surface area contributed by atoms with E-state index in [1.807, 2.05) is 18.2 Å². The molecule has 1 heterocycles. The van der Waals surface area contributed by atoms with Gasteiger partial charge in [0.05, 0.1) is 12.5 Å². The second kappa shape index (κ2) is 6.24. The number of anilines is 1. The summed E-state index contributed by atoms with van der Waals surface area (Å²) >= 11 is 0. The molecule has 0 fully saturated rings. The fraction of sp³-hybridized carbons (Fsp3) is 0.235. The standard InChI is InChI=1S/C17H19NO2/c1-4-14-12(3)6-7-16(18-17(19)5-2)15(14)10-13-8-9-20-11-13/h5-9,11H,2,4,10H2,1,3H3,(H,18,19). The summed E-state index contributed by atoms with van der Waals surface area (Å²) in [5.74, 6) is -0.190. The normalized spacial score (nSPS) is 10.3. The molecule has 0 unspecified atom stereocenters. The molecule has 0 atom stereocenters. The lowest BCUT2D eigenvalue weighted by molar-refractivity contribution is -0.111. The summed E-state index contributed by atoms with van der Waals surface area (Å²) in [4.78, 5) is 11.6. The summed E-state index contributed by atoms with van der Waals surface area (Å²) in [6, 6.07) is 5.93. The maximum Gasteiger partial charge on any atom is 0.247 e. The Balaban J connectivity index is 2.44. The Kier molecular flexibility index (Phi) is 4.41.